The predicted octanol–water partition coefficient (Wildman–Crippen LogP) is 1.25. The van der Waals surface area contributed by atoms with Gasteiger partial charge in [-0.1, -0.05) is 17.3 Å². The third kappa shape index (κ3) is 3.46. The van der Waals surface area contributed by atoms with Crippen LogP contribution in [0.3, 0.4) is 0 Å². The molecule has 18 heavy (non-hydrogen) atoms. The van der Waals surface area contributed by atoms with E-state index in [9.17, 15) is 0 Å². The molecule has 0 spiro atoms. The molecular weight excluding hydrogens is 234 g/mol. The molecule has 1 aromatic heterocycles. The van der Waals surface area contributed by atoms with Gasteiger partial charge in [0.05, 0.1) is 13.7 Å². The highest BCUT2D eigenvalue weighted by Gasteiger charge is 2.02. The van der Waals surface area contributed by atoms with Crippen molar-refractivity contribution >= 4 is 0 Å². The molecule has 0 saturated heterocycles. The van der Waals surface area contributed by atoms with Gasteiger partial charge in [-0.15, -0.1) is 0 Å². The van der Waals surface area contributed by atoms with E-state index in [2.05, 4.69) is 20.0 Å². The maximum Gasteiger partial charge on any atom is 0.213 e. The Morgan fingerprint density at radius 3 is 2.83 bits per heavy atom. The average Bonchev–Trinajstić information content (AvgIpc) is 2.92. The van der Waals surface area contributed by atoms with Crippen molar-refractivity contribution in [2.75, 3.05) is 20.3 Å². The van der Waals surface area contributed by atoms with Crippen LogP contribution in [0.1, 0.15) is 5.82 Å². The molecule has 0 bridgehead atoms. The second-order valence-electron chi connectivity index (χ2n) is 3.52. The van der Waals surface area contributed by atoms with Crippen molar-refractivity contribution in [3.63, 3.8) is 0 Å². The highest BCUT2D eigenvalue weighted by Crippen LogP contribution is 2.25. The van der Waals surface area contributed by atoms with Gasteiger partial charge in [0.1, 0.15) is 6.61 Å². The normalized spacial score (nSPS) is 10.3. The zero-order valence-corrected chi connectivity index (χ0v) is 10.1. The first kappa shape index (κ1) is 12.4. The first-order chi connectivity index (χ1) is 8.90. The second-order valence-corrected chi connectivity index (χ2v) is 3.52. The molecule has 2 rings (SSSR count). The van der Waals surface area contributed by atoms with E-state index in [0.29, 0.717) is 25.5 Å². The monoisotopic (exact) mass is 249 g/mol. The number of nitrogens with one attached hydrogen (secondary N) is 1. The van der Waals surface area contributed by atoms with Crippen LogP contribution < -0.4 is 14.8 Å². The minimum absolute atomic E-state index is 0.540. The number of para-hydroxylation sites is 2. The molecule has 1 N–H and O–H groups in total. The lowest BCUT2D eigenvalue weighted by molar-refractivity contribution is 0.291. The van der Waals surface area contributed by atoms with Crippen molar-refractivity contribution in [1.29, 1.82) is 0 Å². The summed E-state index contributed by atoms with van der Waals surface area (Å²) in [5.74, 6) is 2.10. The van der Waals surface area contributed by atoms with Crippen LogP contribution in [0.15, 0.2) is 35.2 Å². The highest BCUT2D eigenvalue weighted by atomic mass is 16.5. The number of nitrogens with zero attached hydrogens (tertiary/aromatic N) is 2. The van der Waals surface area contributed by atoms with Gasteiger partial charge in [0.25, 0.3) is 0 Å². The average molecular weight is 249 g/mol. The molecule has 0 aliphatic rings. The summed E-state index contributed by atoms with van der Waals surface area (Å²) in [5.41, 5.74) is 0. The standard InChI is InChI=1S/C12H15N3O3/c1-16-10-4-2-3-5-11(10)17-7-6-13-8-12-14-9-18-15-12/h2-5,9,13H,6-8H2,1H3. The summed E-state index contributed by atoms with van der Waals surface area (Å²) in [4.78, 5) is 3.90. The number of benzene rings is 1. The molecule has 0 aliphatic carbocycles. The number of rotatable bonds is 7. The van der Waals surface area contributed by atoms with Gasteiger partial charge >= 0.3 is 0 Å². The molecule has 0 aliphatic heterocycles. The van der Waals surface area contributed by atoms with Crippen LogP contribution in [0.25, 0.3) is 0 Å². The lowest BCUT2D eigenvalue weighted by atomic mass is 10.3. The van der Waals surface area contributed by atoms with Crippen LogP contribution in [0.4, 0.5) is 0 Å². The Kier molecular flexibility index (Phi) is 4.54. The minimum atomic E-state index is 0.540. The summed E-state index contributed by atoms with van der Waals surface area (Å²) in [6, 6.07) is 7.55. The molecule has 1 heterocycles. The molecule has 0 unspecified atom stereocenters. The van der Waals surface area contributed by atoms with E-state index >= 15 is 0 Å². The SMILES string of the molecule is COc1ccccc1OCCNCc1ncon1. The zero-order valence-electron chi connectivity index (χ0n) is 10.1. The summed E-state index contributed by atoms with van der Waals surface area (Å²) in [7, 11) is 1.62. The largest absolute Gasteiger partial charge is 0.493 e. The quantitative estimate of drug-likeness (QED) is 0.745. The Morgan fingerprint density at radius 1 is 1.28 bits per heavy atom. The Morgan fingerprint density at radius 2 is 2.11 bits per heavy atom. The van der Waals surface area contributed by atoms with Crippen molar-refractivity contribution < 1.29 is 14.0 Å². The Bertz CT molecular complexity index is 459. The fourth-order valence-electron chi connectivity index (χ4n) is 1.44. The molecule has 0 saturated carbocycles. The van der Waals surface area contributed by atoms with E-state index in [-0.39, 0.29) is 0 Å². The van der Waals surface area contributed by atoms with Crippen LogP contribution in [0.5, 0.6) is 11.5 Å². The van der Waals surface area contributed by atoms with Crippen molar-refractivity contribution in [3.8, 4) is 11.5 Å². The lowest BCUT2D eigenvalue weighted by Crippen LogP contribution is -2.21. The maximum absolute atomic E-state index is 5.60. The predicted molar refractivity (Wildman–Crippen MR) is 64.5 cm³/mol. The third-order valence-corrected chi connectivity index (χ3v) is 2.30. The van der Waals surface area contributed by atoms with Gasteiger partial charge in [0.2, 0.25) is 6.39 Å². The van der Waals surface area contributed by atoms with E-state index in [1.807, 2.05) is 24.3 Å². The Balaban J connectivity index is 1.69. The summed E-state index contributed by atoms with van der Waals surface area (Å²) < 4.78 is 15.4. The second kappa shape index (κ2) is 6.61. The van der Waals surface area contributed by atoms with E-state index < -0.39 is 0 Å². The number of methoxy groups -OCH3 is 1. The number of aromatic nitrogens is 2. The van der Waals surface area contributed by atoms with Crippen LogP contribution in [-0.4, -0.2) is 30.4 Å². The molecular formula is C12H15N3O3. The molecule has 6 heteroatoms. The maximum atomic E-state index is 5.60. The van der Waals surface area contributed by atoms with E-state index in [1.165, 1.54) is 6.39 Å². The van der Waals surface area contributed by atoms with Crippen molar-refractivity contribution in [1.82, 2.24) is 15.5 Å². The van der Waals surface area contributed by atoms with Gasteiger partial charge in [-0.25, -0.2) is 0 Å². The van der Waals surface area contributed by atoms with Gasteiger partial charge in [0, 0.05) is 6.54 Å². The molecule has 0 fully saturated rings. The van der Waals surface area contributed by atoms with E-state index in [1.54, 1.807) is 7.11 Å². The Labute approximate surface area is 105 Å². The summed E-state index contributed by atoms with van der Waals surface area (Å²) in [6.07, 6.45) is 1.31. The molecule has 96 valence electrons. The van der Waals surface area contributed by atoms with Gasteiger partial charge < -0.3 is 19.3 Å². The third-order valence-electron chi connectivity index (χ3n) is 2.30. The van der Waals surface area contributed by atoms with Crippen LogP contribution in [-0.2, 0) is 6.54 Å². The zero-order chi connectivity index (χ0) is 12.6. The number of hydrogen-bond donors (Lipinski definition) is 1. The van der Waals surface area contributed by atoms with Crippen LogP contribution in [0.2, 0.25) is 0 Å². The van der Waals surface area contributed by atoms with Crippen LogP contribution >= 0.6 is 0 Å². The first-order valence-electron chi connectivity index (χ1n) is 5.62. The molecule has 0 radical (unpaired) electrons. The number of ether oxygens (including phenoxy) is 2. The van der Waals surface area contributed by atoms with Gasteiger partial charge in [-0.05, 0) is 12.1 Å². The molecule has 0 atom stereocenters. The first-order valence-corrected chi connectivity index (χ1v) is 5.62. The smallest absolute Gasteiger partial charge is 0.213 e. The fraction of sp³-hybridized carbons (Fsp3) is 0.333. The van der Waals surface area contributed by atoms with E-state index in [0.717, 1.165) is 11.5 Å². The molecule has 2 aromatic rings. The molecule has 6 nitrogen and oxygen atoms in total. The molecule has 0 amide bonds. The van der Waals surface area contributed by atoms with Crippen molar-refractivity contribution in [2.45, 2.75) is 6.54 Å². The summed E-state index contributed by atoms with van der Waals surface area (Å²) in [5, 5.41) is 6.83. The topological polar surface area (TPSA) is 69.4 Å². The fourth-order valence-corrected chi connectivity index (χ4v) is 1.44. The Hall–Kier alpha value is -2.08. The minimum Gasteiger partial charge on any atom is -0.493 e. The lowest BCUT2D eigenvalue weighted by Gasteiger charge is -2.10. The summed E-state index contributed by atoms with van der Waals surface area (Å²) in [6.45, 7) is 1.79. The van der Waals surface area contributed by atoms with Gasteiger partial charge in [-0.2, -0.15) is 4.98 Å². The van der Waals surface area contributed by atoms with Crippen molar-refractivity contribution in [2.24, 2.45) is 0 Å². The number of hydrogen-bond acceptors (Lipinski definition) is 6. The molecule has 1 aromatic carbocycles. The van der Waals surface area contributed by atoms with Crippen molar-refractivity contribution in [3.05, 3.63) is 36.5 Å². The van der Waals surface area contributed by atoms with Gasteiger partial charge in [-0.3, -0.25) is 0 Å². The van der Waals surface area contributed by atoms with E-state index in [4.69, 9.17) is 9.47 Å². The van der Waals surface area contributed by atoms with Gasteiger partial charge in [0.15, 0.2) is 17.3 Å². The van der Waals surface area contributed by atoms with Crippen LogP contribution in [0, 0.1) is 0 Å². The highest BCUT2D eigenvalue weighted by molar-refractivity contribution is 5.39. The summed E-state index contributed by atoms with van der Waals surface area (Å²) >= 11 is 0.